The Morgan fingerprint density at radius 1 is 1.04 bits per heavy atom. The first-order valence-electron chi connectivity index (χ1n) is 9.19. The van der Waals surface area contributed by atoms with Gasteiger partial charge in [-0.3, -0.25) is 4.79 Å². The number of nitrogens with zero attached hydrogens (tertiary/aromatic N) is 1. The van der Waals surface area contributed by atoms with Crippen molar-refractivity contribution in [2.75, 3.05) is 19.6 Å². The molecule has 0 saturated carbocycles. The Morgan fingerprint density at radius 3 is 2.32 bits per heavy atom. The molecule has 2 nitrogen and oxygen atoms in total. The number of piperidine rings is 1. The van der Waals surface area contributed by atoms with E-state index in [9.17, 15) is 9.18 Å². The molecule has 3 heteroatoms. The van der Waals surface area contributed by atoms with E-state index in [-0.39, 0.29) is 11.6 Å². The molecule has 2 aromatic carbocycles. The van der Waals surface area contributed by atoms with Gasteiger partial charge in [-0.1, -0.05) is 29.8 Å². The highest BCUT2D eigenvalue weighted by atomic mass is 19.1. The van der Waals surface area contributed by atoms with Crippen molar-refractivity contribution in [2.45, 2.75) is 38.5 Å². The largest absolute Gasteiger partial charge is 0.303 e. The number of carbonyl (C=O) groups is 1. The van der Waals surface area contributed by atoms with E-state index in [1.807, 2.05) is 0 Å². The van der Waals surface area contributed by atoms with Gasteiger partial charge >= 0.3 is 0 Å². The van der Waals surface area contributed by atoms with E-state index >= 15 is 0 Å². The summed E-state index contributed by atoms with van der Waals surface area (Å²) in [5.74, 6) is 0.472. The van der Waals surface area contributed by atoms with Crippen LogP contribution in [0.4, 0.5) is 4.39 Å². The normalized spacial score (nSPS) is 16.1. The van der Waals surface area contributed by atoms with Crippen molar-refractivity contribution in [3.8, 4) is 0 Å². The molecule has 1 heterocycles. The molecule has 0 bridgehead atoms. The lowest BCUT2D eigenvalue weighted by molar-refractivity contribution is 0.0972. The van der Waals surface area contributed by atoms with E-state index in [0.29, 0.717) is 17.9 Å². The van der Waals surface area contributed by atoms with Gasteiger partial charge in [0.1, 0.15) is 5.82 Å². The fraction of sp³-hybridized carbons (Fsp3) is 0.409. The van der Waals surface area contributed by atoms with Crippen LogP contribution in [0.5, 0.6) is 0 Å². The minimum absolute atomic E-state index is 0.106. The quantitative estimate of drug-likeness (QED) is 0.692. The lowest BCUT2D eigenvalue weighted by atomic mass is 9.89. The lowest BCUT2D eigenvalue weighted by Crippen LogP contribution is -2.33. The van der Waals surface area contributed by atoms with Crippen LogP contribution in [0.3, 0.4) is 0 Å². The topological polar surface area (TPSA) is 20.3 Å². The maximum Gasteiger partial charge on any atom is 0.162 e. The Morgan fingerprint density at radius 2 is 1.68 bits per heavy atom. The van der Waals surface area contributed by atoms with Gasteiger partial charge in [-0.25, -0.2) is 4.39 Å². The summed E-state index contributed by atoms with van der Waals surface area (Å²) in [6, 6.07) is 14.8. The van der Waals surface area contributed by atoms with Crippen molar-refractivity contribution in [3.05, 3.63) is 71.0 Å². The van der Waals surface area contributed by atoms with Crippen LogP contribution in [0.25, 0.3) is 0 Å². The van der Waals surface area contributed by atoms with Crippen molar-refractivity contribution in [1.82, 2.24) is 4.90 Å². The average molecular weight is 339 g/mol. The van der Waals surface area contributed by atoms with Crippen molar-refractivity contribution < 1.29 is 9.18 Å². The van der Waals surface area contributed by atoms with Gasteiger partial charge in [0.15, 0.2) is 5.78 Å². The monoisotopic (exact) mass is 339 g/mol. The average Bonchev–Trinajstić information content (AvgIpc) is 2.63. The Hall–Kier alpha value is -2.00. The van der Waals surface area contributed by atoms with Gasteiger partial charge in [0.25, 0.3) is 0 Å². The summed E-state index contributed by atoms with van der Waals surface area (Å²) in [7, 11) is 0. The van der Waals surface area contributed by atoms with E-state index in [0.717, 1.165) is 26.1 Å². The summed E-state index contributed by atoms with van der Waals surface area (Å²) in [6.45, 7) is 5.29. The number of hydrogen-bond acceptors (Lipinski definition) is 2. The van der Waals surface area contributed by atoms with Crippen LogP contribution < -0.4 is 0 Å². The lowest BCUT2D eigenvalue weighted by Gasteiger charge is -2.32. The van der Waals surface area contributed by atoms with Crippen LogP contribution in [-0.4, -0.2) is 30.3 Å². The number of benzene rings is 2. The first-order chi connectivity index (χ1) is 12.1. The SMILES string of the molecule is Cc1ccc(C2CCN(CCCC(=O)c3ccc(F)cc3)CC2)cc1. The van der Waals surface area contributed by atoms with Crippen LogP contribution in [0.2, 0.25) is 0 Å². The molecule has 1 fully saturated rings. The fourth-order valence-corrected chi connectivity index (χ4v) is 3.57. The molecule has 0 atom stereocenters. The van der Waals surface area contributed by atoms with Crippen LogP contribution >= 0.6 is 0 Å². The molecule has 132 valence electrons. The smallest absolute Gasteiger partial charge is 0.162 e. The molecule has 0 amide bonds. The second-order valence-electron chi connectivity index (χ2n) is 7.06. The highest BCUT2D eigenvalue weighted by Gasteiger charge is 2.20. The van der Waals surface area contributed by atoms with Crippen LogP contribution in [0.1, 0.15) is 53.1 Å². The van der Waals surface area contributed by atoms with E-state index in [4.69, 9.17) is 0 Å². The Bertz CT molecular complexity index is 685. The highest BCUT2D eigenvalue weighted by Crippen LogP contribution is 2.28. The third kappa shape index (κ3) is 4.99. The summed E-state index contributed by atoms with van der Waals surface area (Å²) in [5.41, 5.74) is 3.38. The first kappa shape index (κ1) is 17.8. The fourth-order valence-electron chi connectivity index (χ4n) is 3.57. The van der Waals surface area contributed by atoms with Gasteiger partial charge < -0.3 is 4.90 Å². The zero-order chi connectivity index (χ0) is 17.6. The van der Waals surface area contributed by atoms with Gasteiger partial charge in [-0.05, 0) is 81.6 Å². The molecule has 1 aliphatic rings. The molecule has 25 heavy (non-hydrogen) atoms. The molecule has 0 radical (unpaired) electrons. The van der Waals surface area contributed by atoms with Crippen molar-refractivity contribution in [2.24, 2.45) is 0 Å². The first-order valence-corrected chi connectivity index (χ1v) is 9.19. The second kappa shape index (κ2) is 8.39. The number of rotatable bonds is 6. The number of aryl methyl sites for hydroxylation is 1. The summed E-state index contributed by atoms with van der Waals surface area (Å²) in [5, 5.41) is 0. The van der Waals surface area contributed by atoms with Crippen molar-refractivity contribution in [1.29, 1.82) is 0 Å². The van der Waals surface area contributed by atoms with E-state index in [1.165, 1.54) is 36.1 Å². The zero-order valence-electron chi connectivity index (χ0n) is 14.9. The van der Waals surface area contributed by atoms with Crippen molar-refractivity contribution in [3.63, 3.8) is 0 Å². The number of Topliss-reactive ketones (excluding diaryl/α,β-unsaturated/α-hetero) is 1. The number of halogens is 1. The van der Waals surface area contributed by atoms with E-state index in [1.54, 1.807) is 12.1 Å². The number of hydrogen-bond donors (Lipinski definition) is 0. The maximum absolute atomic E-state index is 12.9. The third-order valence-electron chi connectivity index (χ3n) is 5.18. The molecule has 0 aromatic heterocycles. The zero-order valence-corrected chi connectivity index (χ0v) is 14.9. The molecular formula is C22H26FNO. The number of likely N-dealkylation sites (tertiary alicyclic amines) is 1. The molecule has 1 aliphatic heterocycles. The molecular weight excluding hydrogens is 313 g/mol. The van der Waals surface area contributed by atoms with E-state index in [2.05, 4.69) is 36.1 Å². The molecule has 0 aliphatic carbocycles. The minimum Gasteiger partial charge on any atom is -0.303 e. The summed E-state index contributed by atoms with van der Waals surface area (Å²) >= 11 is 0. The Kier molecular flexibility index (Phi) is 5.98. The second-order valence-corrected chi connectivity index (χ2v) is 7.06. The molecule has 0 unspecified atom stereocenters. The Labute approximate surface area is 149 Å². The predicted molar refractivity (Wildman–Crippen MR) is 99.6 cm³/mol. The molecule has 0 N–H and O–H groups in total. The van der Waals surface area contributed by atoms with Gasteiger partial charge in [-0.2, -0.15) is 0 Å². The van der Waals surface area contributed by atoms with Crippen molar-refractivity contribution >= 4 is 5.78 Å². The van der Waals surface area contributed by atoms with Crippen LogP contribution in [-0.2, 0) is 0 Å². The molecule has 0 spiro atoms. The third-order valence-corrected chi connectivity index (χ3v) is 5.18. The summed E-state index contributed by atoms with van der Waals surface area (Å²) < 4.78 is 12.9. The molecule has 2 aromatic rings. The highest BCUT2D eigenvalue weighted by molar-refractivity contribution is 5.95. The molecule has 3 rings (SSSR count). The van der Waals surface area contributed by atoms with Crippen LogP contribution in [0, 0.1) is 12.7 Å². The van der Waals surface area contributed by atoms with Gasteiger partial charge in [0.2, 0.25) is 0 Å². The van der Waals surface area contributed by atoms with Gasteiger partial charge in [0, 0.05) is 12.0 Å². The molecule has 1 saturated heterocycles. The standard InChI is InChI=1S/C22H26FNO/c1-17-4-6-18(7-5-17)19-12-15-24(16-13-19)14-2-3-22(25)20-8-10-21(23)11-9-20/h4-11,19H,2-3,12-16H2,1H3. The summed E-state index contributed by atoms with van der Waals surface area (Å²) in [4.78, 5) is 14.6. The maximum atomic E-state index is 12.9. The van der Waals surface area contributed by atoms with E-state index < -0.39 is 0 Å². The minimum atomic E-state index is -0.298. The summed E-state index contributed by atoms with van der Waals surface area (Å²) in [6.07, 6.45) is 3.78. The Balaban J connectivity index is 1.40. The van der Waals surface area contributed by atoms with Gasteiger partial charge in [0.05, 0.1) is 0 Å². The van der Waals surface area contributed by atoms with Crippen LogP contribution in [0.15, 0.2) is 48.5 Å². The number of ketones is 1. The van der Waals surface area contributed by atoms with Gasteiger partial charge in [-0.15, -0.1) is 0 Å². The number of carbonyl (C=O) groups excluding carboxylic acids is 1. The predicted octanol–water partition coefficient (Wildman–Crippen LogP) is 4.98.